The van der Waals surface area contributed by atoms with Crippen LogP contribution in [0.1, 0.15) is 40.5 Å². The lowest BCUT2D eigenvalue weighted by Gasteiger charge is -2.39. The summed E-state index contributed by atoms with van der Waals surface area (Å²) in [6.45, 7) is 11.4. The average molecular weight is 292 g/mol. The van der Waals surface area contributed by atoms with Crippen LogP contribution in [0.2, 0.25) is 11.1 Å². The molecule has 0 aliphatic heterocycles. The standard InChI is InChI=1S/C14H32O4Si/c1-7-13(3)19(14(4)8-2,17-11-9-15-5)18-12-10-16-6/h13-14H,7-12H2,1-6H3. The first-order valence-corrected chi connectivity index (χ1v) is 9.31. The van der Waals surface area contributed by atoms with Gasteiger partial charge in [-0.1, -0.05) is 40.5 Å². The molecule has 0 aromatic carbocycles. The van der Waals surface area contributed by atoms with Crippen LogP contribution in [0.3, 0.4) is 0 Å². The third-order valence-electron chi connectivity index (χ3n) is 3.83. The van der Waals surface area contributed by atoms with E-state index in [1.165, 1.54) is 0 Å². The molecule has 0 rings (SSSR count). The van der Waals surface area contributed by atoms with Crippen molar-refractivity contribution in [1.82, 2.24) is 0 Å². The number of ether oxygens (including phenoxy) is 2. The van der Waals surface area contributed by atoms with Crippen LogP contribution in [-0.4, -0.2) is 49.2 Å². The second-order valence-corrected chi connectivity index (χ2v) is 9.01. The van der Waals surface area contributed by atoms with Crippen LogP contribution < -0.4 is 0 Å². The van der Waals surface area contributed by atoms with Crippen molar-refractivity contribution in [3.8, 4) is 0 Å². The topological polar surface area (TPSA) is 36.9 Å². The Bertz CT molecular complexity index is 192. The van der Waals surface area contributed by atoms with E-state index in [2.05, 4.69) is 27.7 Å². The largest absolute Gasteiger partial charge is 0.391 e. The smallest absolute Gasteiger partial charge is 0.344 e. The Morgan fingerprint density at radius 2 is 1.11 bits per heavy atom. The molecule has 4 nitrogen and oxygen atoms in total. The molecular weight excluding hydrogens is 260 g/mol. The Balaban J connectivity index is 4.85. The molecule has 0 heterocycles. The summed E-state index contributed by atoms with van der Waals surface area (Å²) in [7, 11) is 1.16. The number of methoxy groups -OCH3 is 2. The van der Waals surface area contributed by atoms with Crippen LogP contribution in [-0.2, 0) is 18.3 Å². The summed E-state index contributed by atoms with van der Waals surface area (Å²) >= 11 is 0. The first kappa shape index (κ1) is 19.1. The summed E-state index contributed by atoms with van der Waals surface area (Å²) in [6, 6.07) is 0. The molecule has 19 heavy (non-hydrogen) atoms. The highest BCUT2D eigenvalue weighted by atomic mass is 28.4. The summed E-state index contributed by atoms with van der Waals surface area (Å²) in [4.78, 5) is 0. The quantitative estimate of drug-likeness (QED) is 0.408. The number of rotatable bonds is 12. The summed E-state index contributed by atoms with van der Waals surface area (Å²) in [6.07, 6.45) is 2.16. The van der Waals surface area contributed by atoms with Gasteiger partial charge in [-0.05, 0) is 11.1 Å². The molecule has 0 amide bonds. The van der Waals surface area contributed by atoms with E-state index in [-0.39, 0.29) is 0 Å². The third kappa shape index (κ3) is 5.91. The fourth-order valence-electron chi connectivity index (χ4n) is 2.23. The fraction of sp³-hybridized carbons (Fsp3) is 1.00. The SMILES string of the molecule is CCC(C)[Si](OCCOC)(OCCOC)C(C)CC. The van der Waals surface area contributed by atoms with Gasteiger partial charge in [0, 0.05) is 14.2 Å². The van der Waals surface area contributed by atoms with Crippen LogP contribution >= 0.6 is 0 Å². The molecule has 2 unspecified atom stereocenters. The van der Waals surface area contributed by atoms with Crippen molar-refractivity contribution >= 4 is 8.56 Å². The Labute approximate surface area is 120 Å². The second kappa shape index (κ2) is 10.8. The van der Waals surface area contributed by atoms with Crippen molar-refractivity contribution in [1.29, 1.82) is 0 Å². The van der Waals surface area contributed by atoms with Gasteiger partial charge in [-0.25, -0.2) is 0 Å². The molecule has 0 aromatic rings. The van der Waals surface area contributed by atoms with Crippen LogP contribution in [0.4, 0.5) is 0 Å². The number of hydrogen-bond acceptors (Lipinski definition) is 4. The Hall–Kier alpha value is 0.0569. The minimum absolute atomic E-state index is 0.469. The van der Waals surface area contributed by atoms with Crippen LogP contribution in [0.25, 0.3) is 0 Å². The maximum absolute atomic E-state index is 6.26. The lowest BCUT2D eigenvalue weighted by atomic mass is 10.4. The van der Waals surface area contributed by atoms with Gasteiger partial charge < -0.3 is 18.3 Å². The lowest BCUT2D eigenvalue weighted by Crippen LogP contribution is -2.50. The Morgan fingerprint density at radius 3 is 1.37 bits per heavy atom. The van der Waals surface area contributed by atoms with E-state index < -0.39 is 8.56 Å². The Kier molecular flexibility index (Phi) is 10.8. The molecule has 0 aromatic heterocycles. The van der Waals surface area contributed by atoms with Gasteiger partial charge in [0.25, 0.3) is 0 Å². The van der Waals surface area contributed by atoms with Gasteiger partial charge in [0.2, 0.25) is 0 Å². The van der Waals surface area contributed by atoms with Crippen molar-refractivity contribution in [2.75, 3.05) is 40.6 Å². The monoisotopic (exact) mass is 292 g/mol. The van der Waals surface area contributed by atoms with Gasteiger partial charge in [0.15, 0.2) is 0 Å². The van der Waals surface area contributed by atoms with E-state index in [0.29, 0.717) is 37.5 Å². The fourth-order valence-corrected chi connectivity index (χ4v) is 6.37. The van der Waals surface area contributed by atoms with Crippen molar-refractivity contribution in [3.63, 3.8) is 0 Å². The summed E-state index contributed by atoms with van der Waals surface area (Å²) in [5.41, 5.74) is 0.937. The maximum atomic E-state index is 6.26. The van der Waals surface area contributed by atoms with Crippen molar-refractivity contribution in [2.45, 2.75) is 51.6 Å². The molecule has 0 bridgehead atoms. The van der Waals surface area contributed by atoms with E-state index in [9.17, 15) is 0 Å². The third-order valence-corrected chi connectivity index (χ3v) is 8.70. The normalized spacial score (nSPS) is 15.5. The zero-order valence-electron chi connectivity index (χ0n) is 13.5. The molecule has 0 spiro atoms. The van der Waals surface area contributed by atoms with Crippen LogP contribution in [0, 0.1) is 0 Å². The van der Waals surface area contributed by atoms with Gasteiger partial charge in [-0.3, -0.25) is 0 Å². The first-order valence-electron chi connectivity index (χ1n) is 7.34. The predicted molar refractivity (Wildman–Crippen MR) is 80.8 cm³/mol. The van der Waals surface area contributed by atoms with Gasteiger partial charge >= 0.3 is 8.56 Å². The van der Waals surface area contributed by atoms with E-state index >= 15 is 0 Å². The van der Waals surface area contributed by atoms with Gasteiger partial charge in [-0.15, -0.1) is 0 Å². The molecule has 2 atom stereocenters. The summed E-state index contributed by atoms with van der Waals surface area (Å²) in [5.74, 6) is 0. The van der Waals surface area contributed by atoms with E-state index in [1.54, 1.807) is 14.2 Å². The van der Waals surface area contributed by atoms with Crippen LogP contribution in [0.5, 0.6) is 0 Å². The van der Waals surface area contributed by atoms with Gasteiger partial charge in [0.1, 0.15) is 0 Å². The highest BCUT2D eigenvalue weighted by molar-refractivity contribution is 6.70. The molecule has 0 saturated carbocycles. The predicted octanol–water partition coefficient (Wildman–Crippen LogP) is 3.35. The van der Waals surface area contributed by atoms with Crippen molar-refractivity contribution < 1.29 is 18.3 Å². The molecule has 0 fully saturated rings. The number of hydrogen-bond donors (Lipinski definition) is 0. The maximum Gasteiger partial charge on any atom is 0.344 e. The average Bonchev–Trinajstić information content (AvgIpc) is 2.44. The van der Waals surface area contributed by atoms with Gasteiger partial charge in [0.05, 0.1) is 26.4 Å². The van der Waals surface area contributed by atoms with E-state index in [0.717, 1.165) is 12.8 Å². The highest BCUT2D eigenvalue weighted by Gasteiger charge is 2.47. The minimum Gasteiger partial charge on any atom is -0.391 e. The highest BCUT2D eigenvalue weighted by Crippen LogP contribution is 2.38. The molecule has 0 aliphatic rings. The van der Waals surface area contributed by atoms with Crippen molar-refractivity contribution in [2.24, 2.45) is 0 Å². The van der Waals surface area contributed by atoms with Gasteiger partial charge in [-0.2, -0.15) is 0 Å². The van der Waals surface area contributed by atoms with E-state index in [4.69, 9.17) is 18.3 Å². The molecule has 0 N–H and O–H groups in total. The Morgan fingerprint density at radius 1 is 0.737 bits per heavy atom. The molecule has 5 heteroatoms. The molecular formula is C14H32O4Si. The van der Waals surface area contributed by atoms with Crippen molar-refractivity contribution in [3.05, 3.63) is 0 Å². The molecule has 0 radical (unpaired) electrons. The second-order valence-electron chi connectivity index (χ2n) is 5.02. The molecule has 0 saturated heterocycles. The lowest BCUT2D eigenvalue weighted by molar-refractivity contribution is 0.0770. The zero-order chi connectivity index (χ0) is 14.7. The summed E-state index contributed by atoms with van der Waals surface area (Å²) < 4.78 is 22.7. The zero-order valence-corrected chi connectivity index (χ0v) is 14.5. The molecule has 0 aliphatic carbocycles. The summed E-state index contributed by atoms with van der Waals surface area (Å²) in [5, 5.41) is 0. The minimum atomic E-state index is -2.24. The van der Waals surface area contributed by atoms with E-state index in [1.807, 2.05) is 0 Å². The van der Waals surface area contributed by atoms with Crippen LogP contribution in [0.15, 0.2) is 0 Å². The first-order chi connectivity index (χ1) is 9.08. The molecule has 116 valence electrons.